The molecule has 0 atom stereocenters. The lowest BCUT2D eigenvalue weighted by molar-refractivity contribution is 1.02. The van der Waals surface area contributed by atoms with E-state index < -0.39 is 0 Å². The van der Waals surface area contributed by atoms with Crippen LogP contribution in [0.15, 0.2) is 48.6 Å². The molecule has 2 aliphatic rings. The Morgan fingerprint density at radius 2 is 1.86 bits per heavy atom. The number of hydrogen-bond acceptors (Lipinski definition) is 0. The molecule has 22 heavy (non-hydrogen) atoms. The Bertz CT molecular complexity index is 803. The van der Waals surface area contributed by atoms with Gasteiger partial charge in [0.25, 0.3) is 0 Å². The quantitative estimate of drug-likeness (QED) is 0.577. The van der Waals surface area contributed by atoms with Crippen molar-refractivity contribution in [2.24, 2.45) is 0 Å². The molecule has 0 heterocycles. The van der Waals surface area contributed by atoms with E-state index in [2.05, 4.69) is 62.4 Å². The first-order chi connectivity index (χ1) is 10.8. The van der Waals surface area contributed by atoms with E-state index in [1.165, 1.54) is 27.8 Å². The average molecular weight is 286 g/mol. The van der Waals surface area contributed by atoms with Crippen LogP contribution in [0.5, 0.6) is 0 Å². The molecule has 0 amide bonds. The molecule has 2 aliphatic carbocycles. The summed E-state index contributed by atoms with van der Waals surface area (Å²) in [5.41, 5.74) is 12.1. The molecule has 2 aromatic rings. The summed E-state index contributed by atoms with van der Waals surface area (Å²) >= 11 is 0. The minimum atomic E-state index is 1.09. The standard InChI is InChI=1S/C22H22/c1-3-15-13-20-19-12-8-7-11-17(19)14-21(20)22(18(15)4-2)16-9-5-6-10-16/h5-9,11-13H,3-4,10,14H2,1-2H3. The molecule has 0 bridgehead atoms. The van der Waals surface area contributed by atoms with Gasteiger partial charge in [-0.25, -0.2) is 0 Å². The van der Waals surface area contributed by atoms with Crippen molar-refractivity contribution in [3.8, 4) is 11.1 Å². The lowest BCUT2D eigenvalue weighted by Crippen LogP contribution is -2.03. The highest BCUT2D eigenvalue weighted by molar-refractivity contribution is 5.87. The number of aryl methyl sites for hydroxylation is 1. The summed E-state index contributed by atoms with van der Waals surface area (Å²) in [5, 5.41) is 0. The fourth-order valence-corrected chi connectivity index (χ4v) is 4.12. The summed E-state index contributed by atoms with van der Waals surface area (Å²) in [5.74, 6) is 0. The predicted molar refractivity (Wildman–Crippen MR) is 95.2 cm³/mol. The van der Waals surface area contributed by atoms with Crippen molar-refractivity contribution in [1.82, 2.24) is 0 Å². The smallest absolute Gasteiger partial charge is 0.000729 e. The Hall–Kier alpha value is -2.08. The molecule has 110 valence electrons. The second kappa shape index (κ2) is 5.28. The van der Waals surface area contributed by atoms with E-state index in [1.807, 2.05) is 0 Å². The molecule has 0 saturated heterocycles. The zero-order valence-corrected chi connectivity index (χ0v) is 13.4. The minimum absolute atomic E-state index is 1.09. The third-order valence-electron chi connectivity index (χ3n) is 5.14. The van der Waals surface area contributed by atoms with Crippen molar-refractivity contribution in [2.45, 2.75) is 39.5 Å². The molecule has 0 aromatic heterocycles. The number of hydrogen-bond donors (Lipinski definition) is 0. The van der Waals surface area contributed by atoms with Crippen LogP contribution in [0, 0.1) is 0 Å². The van der Waals surface area contributed by atoms with E-state index in [0.717, 1.165) is 25.7 Å². The zero-order valence-electron chi connectivity index (χ0n) is 13.4. The van der Waals surface area contributed by atoms with Crippen LogP contribution >= 0.6 is 0 Å². The lowest BCUT2D eigenvalue weighted by atomic mass is 9.85. The van der Waals surface area contributed by atoms with Gasteiger partial charge in [-0.3, -0.25) is 0 Å². The van der Waals surface area contributed by atoms with Gasteiger partial charge in [-0.2, -0.15) is 0 Å². The molecule has 0 saturated carbocycles. The average Bonchev–Trinajstić information content (AvgIpc) is 3.20. The van der Waals surface area contributed by atoms with Crippen molar-refractivity contribution >= 4 is 5.57 Å². The fourth-order valence-electron chi connectivity index (χ4n) is 4.12. The first-order valence-electron chi connectivity index (χ1n) is 8.45. The van der Waals surface area contributed by atoms with E-state index in [-0.39, 0.29) is 0 Å². The van der Waals surface area contributed by atoms with Crippen molar-refractivity contribution in [2.75, 3.05) is 0 Å². The van der Waals surface area contributed by atoms with E-state index in [1.54, 1.807) is 16.7 Å². The van der Waals surface area contributed by atoms with Crippen LogP contribution in [0.2, 0.25) is 0 Å². The lowest BCUT2D eigenvalue weighted by Gasteiger charge is -2.19. The van der Waals surface area contributed by atoms with Gasteiger partial charge in [-0.05, 0) is 70.2 Å². The molecule has 0 radical (unpaired) electrons. The van der Waals surface area contributed by atoms with Gasteiger partial charge in [-0.15, -0.1) is 0 Å². The van der Waals surface area contributed by atoms with Gasteiger partial charge in [-0.1, -0.05) is 62.4 Å². The zero-order chi connectivity index (χ0) is 15.1. The first kappa shape index (κ1) is 13.6. The minimum Gasteiger partial charge on any atom is -0.0801 e. The van der Waals surface area contributed by atoms with E-state index in [4.69, 9.17) is 0 Å². The van der Waals surface area contributed by atoms with Crippen LogP contribution in [0.1, 0.15) is 48.1 Å². The maximum absolute atomic E-state index is 2.46. The summed E-state index contributed by atoms with van der Waals surface area (Å²) < 4.78 is 0. The van der Waals surface area contributed by atoms with Crippen LogP contribution in [0.25, 0.3) is 16.7 Å². The van der Waals surface area contributed by atoms with Crippen LogP contribution in [-0.2, 0) is 19.3 Å². The highest BCUT2D eigenvalue weighted by Gasteiger charge is 2.25. The molecule has 0 heteroatoms. The second-order valence-corrected chi connectivity index (χ2v) is 6.28. The fraction of sp³-hybridized carbons (Fsp3) is 0.273. The Balaban J connectivity index is 2.01. The molecule has 0 nitrogen and oxygen atoms in total. The molecular weight excluding hydrogens is 264 g/mol. The predicted octanol–water partition coefficient (Wildman–Crippen LogP) is 5.73. The summed E-state index contributed by atoms with van der Waals surface area (Å²) in [6, 6.07) is 11.4. The van der Waals surface area contributed by atoms with Crippen LogP contribution in [0.4, 0.5) is 0 Å². The summed E-state index contributed by atoms with van der Waals surface area (Å²) in [6.45, 7) is 4.59. The summed E-state index contributed by atoms with van der Waals surface area (Å²) in [7, 11) is 0. The normalized spacial score (nSPS) is 14.9. The Kier molecular flexibility index (Phi) is 3.26. The van der Waals surface area contributed by atoms with E-state index >= 15 is 0 Å². The number of fused-ring (bicyclic) bond motifs is 3. The maximum Gasteiger partial charge on any atom is -0.000729 e. The molecule has 0 aliphatic heterocycles. The Labute approximate surface area is 133 Å². The number of rotatable bonds is 3. The molecule has 0 fully saturated rings. The molecule has 0 spiro atoms. The summed E-state index contributed by atoms with van der Waals surface area (Å²) in [6.07, 6.45) is 11.2. The number of benzene rings is 2. The molecule has 0 unspecified atom stereocenters. The van der Waals surface area contributed by atoms with Crippen LogP contribution < -0.4 is 0 Å². The van der Waals surface area contributed by atoms with Gasteiger partial charge >= 0.3 is 0 Å². The molecular formula is C22H22. The van der Waals surface area contributed by atoms with Gasteiger partial charge in [0, 0.05) is 0 Å². The third-order valence-corrected chi connectivity index (χ3v) is 5.14. The second-order valence-electron chi connectivity index (χ2n) is 6.28. The van der Waals surface area contributed by atoms with E-state index in [0.29, 0.717) is 0 Å². The van der Waals surface area contributed by atoms with E-state index in [9.17, 15) is 0 Å². The van der Waals surface area contributed by atoms with Crippen molar-refractivity contribution < 1.29 is 0 Å². The monoisotopic (exact) mass is 286 g/mol. The van der Waals surface area contributed by atoms with Gasteiger partial charge in [0.05, 0.1) is 0 Å². The van der Waals surface area contributed by atoms with Crippen molar-refractivity contribution in [1.29, 1.82) is 0 Å². The maximum atomic E-state index is 2.46. The largest absolute Gasteiger partial charge is 0.0801 e. The highest BCUT2D eigenvalue weighted by Crippen LogP contribution is 2.44. The number of allylic oxidation sites excluding steroid dienone is 4. The first-order valence-corrected chi connectivity index (χ1v) is 8.45. The van der Waals surface area contributed by atoms with Crippen molar-refractivity contribution in [3.05, 3.63) is 76.4 Å². The third kappa shape index (κ3) is 1.90. The SMILES string of the molecule is CCc1cc2c(c(C3=CC=CC3)c1CC)Cc1ccccc1-2. The molecule has 4 rings (SSSR count). The Morgan fingerprint density at radius 1 is 1.00 bits per heavy atom. The molecule has 0 N–H and O–H groups in total. The highest BCUT2D eigenvalue weighted by atomic mass is 14.3. The topological polar surface area (TPSA) is 0 Å². The van der Waals surface area contributed by atoms with Crippen LogP contribution in [-0.4, -0.2) is 0 Å². The van der Waals surface area contributed by atoms with Gasteiger partial charge < -0.3 is 0 Å². The Morgan fingerprint density at radius 3 is 2.59 bits per heavy atom. The van der Waals surface area contributed by atoms with Crippen LogP contribution in [0.3, 0.4) is 0 Å². The molecule has 2 aromatic carbocycles. The van der Waals surface area contributed by atoms with Gasteiger partial charge in [0.15, 0.2) is 0 Å². The van der Waals surface area contributed by atoms with Gasteiger partial charge in [0.1, 0.15) is 0 Å². The van der Waals surface area contributed by atoms with Crippen molar-refractivity contribution in [3.63, 3.8) is 0 Å². The van der Waals surface area contributed by atoms with Gasteiger partial charge in [0.2, 0.25) is 0 Å². The summed E-state index contributed by atoms with van der Waals surface area (Å²) in [4.78, 5) is 0.